The second-order valence-electron chi connectivity index (χ2n) is 8.30. The summed E-state index contributed by atoms with van der Waals surface area (Å²) in [5.74, 6) is -1.68. The Bertz CT molecular complexity index is 1280. The average Bonchev–Trinajstić information content (AvgIpc) is 3.56. The molecule has 0 unspecified atom stereocenters. The van der Waals surface area contributed by atoms with Crippen molar-refractivity contribution < 1.29 is 31.9 Å². The third kappa shape index (κ3) is 6.05. The number of carbonyl (C=O) groups excluding carboxylic acids is 2. The first-order valence-electron chi connectivity index (χ1n) is 11.3. The van der Waals surface area contributed by atoms with Crippen LogP contribution in [0, 0.1) is 5.82 Å². The number of carbonyl (C=O) groups is 2. The number of hydrazone groups is 1. The quantitative estimate of drug-likeness (QED) is 0.366. The number of rotatable bonds is 8. The van der Waals surface area contributed by atoms with Gasteiger partial charge in [0, 0.05) is 31.2 Å². The Morgan fingerprint density at radius 3 is 2.46 bits per heavy atom. The van der Waals surface area contributed by atoms with Gasteiger partial charge in [-0.15, -0.1) is 11.3 Å². The molecule has 11 heteroatoms. The average molecular weight is 534 g/mol. The molecule has 0 radical (unpaired) electrons. The maximum Gasteiger partial charge on any atom is 0.416 e. The Kier molecular flexibility index (Phi) is 8.03. The van der Waals surface area contributed by atoms with Crippen LogP contribution >= 0.6 is 11.3 Å². The summed E-state index contributed by atoms with van der Waals surface area (Å²) in [5, 5.41) is 7.54. The highest BCUT2D eigenvalue weighted by atomic mass is 32.1. The molecule has 0 aliphatic carbocycles. The van der Waals surface area contributed by atoms with Crippen molar-refractivity contribution in [3.8, 4) is 0 Å². The lowest BCUT2D eigenvalue weighted by atomic mass is 10.0. The second kappa shape index (κ2) is 11.2. The molecule has 4 rings (SSSR count). The van der Waals surface area contributed by atoms with Gasteiger partial charge in [0.15, 0.2) is 0 Å². The van der Waals surface area contributed by atoms with Crippen LogP contribution < -0.4 is 0 Å². The molecule has 0 saturated carbocycles. The molecule has 2 aromatic carbocycles. The van der Waals surface area contributed by atoms with Gasteiger partial charge < -0.3 is 9.64 Å². The zero-order chi connectivity index (χ0) is 26.6. The summed E-state index contributed by atoms with van der Waals surface area (Å²) in [7, 11) is 1.43. The van der Waals surface area contributed by atoms with E-state index in [9.17, 15) is 27.2 Å². The van der Waals surface area contributed by atoms with Crippen LogP contribution in [-0.2, 0) is 15.7 Å². The molecular formula is C26H23F4N3O3S. The van der Waals surface area contributed by atoms with Crippen LogP contribution in [0.25, 0.3) is 0 Å². The molecule has 1 aromatic heterocycles. The number of halogens is 4. The molecule has 3 aromatic rings. The Hall–Kier alpha value is -3.57. The Morgan fingerprint density at radius 2 is 1.84 bits per heavy atom. The number of methoxy groups -OCH3 is 1. The Balaban J connectivity index is 1.60. The highest BCUT2D eigenvalue weighted by Crippen LogP contribution is 2.35. The van der Waals surface area contributed by atoms with E-state index in [4.69, 9.17) is 4.74 Å². The van der Waals surface area contributed by atoms with E-state index in [2.05, 4.69) is 5.10 Å². The molecule has 0 spiro atoms. The van der Waals surface area contributed by atoms with Crippen LogP contribution in [-0.4, -0.2) is 54.2 Å². The molecule has 2 heterocycles. The van der Waals surface area contributed by atoms with Crippen LogP contribution in [0.1, 0.15) is 38.8 Å². The van der Waals surface area contributed by atoms with Gasteiger partial charge in [-0.2, -0.15) is 18.3 Å². The van der Waals surface area contributed by atoms with E-state index in [1.165, 1.54) is 34.4 Å². The van der Waals surface area contributed by atoms with Crippen molar-refractivity contribution in [1.82, 2.24) is 9.91 Å². The number of nitrogens with zero attached hydrogens (tertiary/aromatic N) is 3. The first-order chi connectivity index (χ1) is 17.7. The summed E-state index contributed by atoms with van der Waals surface area (Å²) in [5.41, 5.74) is 0.0216. The number of hydrogen-bond donors (Lipinski definition) is 0. The fourth-order valence-corrected chi connectivity index (χ4v) is 4.71. The van der Waals surface area contributed by atoms with Gasteiger partial charge >= 0.3 is 6.18 Å². The van der Waals surface area contributed by atoms with Gasteiger partial charge in [0.05, 0.1) is 28.8 Å². The van der Waals surface area contributed by atoms with E-state index in [1.807, 2.05) is 17.5 Å². The van der Waals surface area contributed by atoms with Crippen LogP contribution in [0.15, 0.2) is 71.1 Å². The summed E-state index contributed by atoms with van der Waals surface area (Å²) < 4.78 is 58.5. The molecule has 2 amide bonds. The lowest BCUT2D eigenvalue weighted by Crippen LogP contribution is -2.42. The summed E-state index contributed by atoms with van der Waals surface area (Å²) in [6.45, 7) is -0.308. The lowest BCUT2D eigenvalue weighted by molar-refractivity contribution is -0.137. The molecule has 0 bridgehead atoms. The number of benzene rings is 2. The van der Waals surface area contributed by atoms with E-state index in [0.29, 0.717) is 11.3 Å². The minimum absolute atomic E-state index is 0.00763. The number of amides is 2. The standard InChI is InChI=1S/C26H23F4N3O3S/c1-36-13-12-32(25(35)17-8-10-18(11-9-17)26(28,29)30)16-24(34)33-22(19-5-2-3-6-20(19)27)15-21(31-33)23-7-4-14-37-23/h2-11,14,22H,12-13,15-16H2,1H3/t22-/m0/s1. The summed E-state index contributed by atoms with van der Waals surface area (Å²) in [6, 6.07) is 12.9. The largest absolute Gasteiger partial charge is 0.416 e. The Morgan fingerprint density at radius 1 is 1.11 bits per heavy atom. The van der Waals surface area contributed by atoms with Crippen molar-refractivity contribution in [2.75, 3.05) is 26.8 Å². The minimum Gasteiger partial charge on any atom is -0.383 e. The highest BCUT2D eigenvalue weighted by molar-refractivity contribution is 7.12. The van der Waals surface area contributed by atoms with Crippen molar-refractivity contribution >= 4 is 28.9 Å². The third-order valence-electron chi connectivity index (χ3n) is 5.87. The summed E-state index contributed by atoms with van der Waals surface area (Å²) in [4.78, 5) is 28.6. The lowest BCUT2D eigenvalue weighted by Gasteiger charge is -2.27. The summed E-state index contributed by atoms with van der Waals surface area (Å²) >= 11 is 1.44. The summed E-state index contributed by atoms with van der Waals surface area (Å²) in [6.07, 6.45) is -4.25. The topological polar surface area (TPSA) is 62.2 Å². The first-order valence-corrected chi connectivity index (χ1v) is 12.2. The maximum absolute atomic E-state index is 14.7. The van der Waals surface area contributed by atoms with E-state index >= 15 is 0 Å². The molecule has 0 saturated heterocycles. The van der Waals surface area contributed by atoms with Crippen LogP contribution in [0.3, 0.4) is 0 Å². The van der Waals surface area contributed by atoms with Crippen molar-refractivity contribution in [3.05, 3.63) is 93.4 Å². The van der Waals surface area contributed by atoms with Gasteiger partial charge in [0.1, 0.15) is 12.4 Å². The molecule has 1 aliphatic heterocycles. The zero-order valence-electron chi connectivity index (χ0n) is 19.7. The van der Waals surface area contributed by atoms with Gasteiger partial charge in [-0.1, -0.05) is 24.3 Å². The highest BCUT2D eigenvalue weighted by Gasteiger charge is 2.36. The number of thiophene rings is 1. The van der Waals surface area contributed by atoms with Gasteiger partial charge in [0.2, 0.25) is 0 Å². The van der Waals surface area contributed by atoms with Gasteiger partial charge in [0.25, 0.3) is 11.8 Å². The van der Waals surface area contributed by atoms with E-state index in [-0.39, 0.29) is 25.1 Å². The monoisotopic (exact) mass is 533 g/mol. The Labute approximate surface area is 214 Å². The minimum atomic E-state index is -4.54. The number of hydrogen-bond acceptors (Lipinski definition) is 5. The predicted molar refractivity (Wildman–Crippen MR) is 131 cm³/mol. The van der Waals surface area contributed by atoms with Gasteiger partial charge in [-0.05, 0) is 41.8 Å². The first kappa shape index (κ1) is 26.5. The van der Waals surface area contributed by atoms with Crippen molar-refractivity contribution in [2.45, 2.75) is 18.6 Å². The number of alkyl halides is 3. The van der Waals surface area contributed by atoms with Crippen LogP contribution in [0.4, 0.5) is 17.6 Å². The molecule has 194 valence electrons. The smallest absolute Gasteiger partial charge is 0.383 e. The van der Waals surface area contributed by atoms with E-state index in [1.54, 1.807) is 18.2 Å². The maximum atomic E-state index is 14.7. The molecule has 1 aliphatic rings. The molecule has 0 fully saturated rings. The predicted octanol–water partition coefficient (Wildman–Crippen LogP) is 5.37. The van der Waals surface area contributed by atoms with Gasteiger partial charge in [-0.3, -0.25) is 9.59 Å². The van der Waals surface area contributed by atoms with Crippen molar-refractivity contribution in [2.24, 2.45) is 5.10 Å². The van der Waals surface area contributed by atoms with E-state index < -0.39 is 42.0 Å². The third-order valence-corrected chi connectivity index (χ3v) is 6.79. The molecule has 37 heavy (non-hydrogen) atoms. The number of ether oxygens (including phenoxy) is 1. The SMILES string of the molecule is COCCN(CC(=O)N1N=C(c2cccs2)C[C@H]1c1ccccc1F)C(=O)c1ccc(C(F)(F)F)cc1. The van der Waals surface area contributed by atoms with Crippen molar-refractivity contribution in [1.29, 1.82) is 0 Å². The molecule has 1 atom stereocenters. The fourth-order valence-electron chi connectivity index (χ4n) is 3.99. The fraction of sp³-hybridized carbons (Fsp3) is 0.269. The van der Waals surface area contributed by atoms with Crippen LogP contribution in [0.5, 0.6) is 0 Å². The normalized spacial score (nSPS) is 15.5. The molecule has 0 N–H and O–H groups in total. The van der Waals surface area contributed by atoms with Crippen molar-refractivity contribution in [3.63, 3.8) is 0 Å². The molecular weight excluding hydrogens is 510 g/mol. The van der Waals surface area contributed by atoms with E-state index in [0.717, 1.165) is 29.1 Å². The zero-order valence-corrected chi connectivity index (χ0v) is 20.6. The van der Waals surface area contributed by atoms with Crippen LogP contribution in [0.2, 0.25) is 0 Å². The van der Waals surface area contributed by atoms with Gasteiger partial charge in [-0.25, -0.2) is 9.40 Å². The second-order valence-corrected chi connectivity index (χ2v) is 9.25. The molecule has 6 nitrogen and oxygen atoms in total.